The van der Waals surface area contributed by atoms with E-state index in [1.165, 1.54) is 51.4 Å². The molecular weight excluding hydrogens is 328 g/mol. The lowest BCUT2D eigenvalue weighted by molar-refractivity contribution is -0.150. The smallest absolute Gasteiger partial charge is 0.306 e. The molecule has 0 heterocycles. The van der Waals surface area contributed by atoms with Gasteiger partial charge in [0.1, 0.15) is 0 Å². The highest BCUT2D eigenvalue weighted by Gasteiger charge is 2.09. The lowest BCUT2D eigenvalue weighted by Crippen LogP contribution is -2.12. The van der Waals surface area contributed by atoms with Crippen molar-refractivity contribution in [3.63, 3.8) is 0 Å². The quantitative estimate of drug-likeness (QED) is 0.212. The molecule has 1 unspecified atom stereocenters. The van der Waals surface area contributed by atoms with E-state index in [1.807, 2.05) is 0 Å². The summed E-state index contributed by atoms with van der Waals surface area (Å²) in [7, 11) is 0. The normalized spacial score (nSPS) is 12.0. The van der Waals surface area contributed by atoms with Crippen molar-refractivity contribution in [2.45, 2.75) is 111 Å². The lowest BCUT2D eigenvalue weighted by Gasteiger charge is -2.09. The first-order valence-corrected chi connectivity index (χ1v) is 10.9. The molecule has 1 atom stereocenters. The molecule has 0 aromatic carbocycles. The third kappa shape index (κ3) is 17.8. The van der Waals surface area contributed by atoms with Crippen LogP contribution in [0, 0.1) is 5.92 Å². The summed E-state index contributed by atoms with van der Waals surface area (Å²) >= 11 is 0. The average Bonchev–Trinajstić information content (AvgIpc) is 2.64. The van der Waals surface area contributed by atoms with Crippen molar-refractivity contribution in [2.75, 3.05) is 13.2 Å². The third-order valence-corrected chi connectivity index (χ3v) is 4.86. The van der Waals surface area contributed by atoms with Crippen LogP contribution in [-0.2, 0) is 19.1 Å². The second-order valence-corrected chi connectivity index (χ2v) is 7.43. The summed E-state index contributed by atoms with van der Waals surface area (Å²) in [6.07, 6.45) is 14.8. The van der Waals surface area contributed by atoms with Gasteiger partial charge in [-0.15, -0.1) is 0 Å². The number of carbonyl (C=O) groups is 2. The van der Waals surface area contributed by atoms with E-state index < -0.39 is 0 Å². The Labute approximate surface area is 161 Å². The van der Waals surface area contributed by atoms with Crippen LogP contribution in [0.15, 0.2) is 0 Å². The van der Waals surface area contributed by atoms with Gasteiger partial charge < -0.3 is 9.47 Å². The summed E-state index contributed by atoms with van der Waals surface area (Å²) in [4.78, 5) is 23.2. The fourth-order valence-electron chi connectivity index (χ4n) is 2.70. The molecule has 0 bridgehead atoms. The summed E-state index contributed by atoms with van der Waals surface area (Å²) < 4.78 is 10.3. The molecule has 0 aliphatic heterocycles. The van der Waals surface area contributed by atoms with Crippen LogP contribution in [0.5, 0.6) is 0 Å². The van der Waals surface area contributed by atoms with E-state index in [1.54, 1.807) is 0 Å². The molecule has 0 aromatic rings. The number of rotatable bonds is 18. The van der Waals surface area contributed by atoms with Gasteiger partial charge in [-0.05, 0) is 18.8 Å². The highest BCUT2D eigenvalue weighted by Crippen LogP contribution is 2.11. The van der Waals surface area contributed by atoms with Gasteiger partial charge in [-0.1, -0.05) is 85.0 Å². The van der Waals surface area contributed by atoms with Crippen molar-refractivity contribution >= 4 is 11.9 Å². The lowest BCUT2D eigenvalue weighted by atomic mass is 10.1. The molecule has 0 rings (SSSR count). The van der Waals surface area contributed by atoms with E-state index >= 15 is 0 Å². The Morgan fingerprint density at radius 2 is 1.15 bits per heavy atom. The Morgan fingerprint density at radius 3 is 1.65 bits per heavy atom. The largest absolute Gasteiger partial charge is 0.466 e. The number of hydrogen-bond acceptors (Lipinski definition) is 4. The van der Waals surface area contributed by atoms with E-state index in [0.717, 1.165) is 25.7 Å². The van der Waals surface area contributed by atoms with Crippen molar-refractivity contribution in [2.24, 2.45) is 5.92 Å². The molecule has 4 nitrogen and oxygen atoms in total. The van der Waals surface area contributed by atoms with Crippen LogP contribution in [0.1, 0.15) is 111 Å². The van der Waals surface area contributed by atoms with Crippen molar-refractivity contribution in [3.05, 3.63) is 0 Å². The van der Waals surface area contributed by atoms with Gasteiger partial charge in [-0.3, -0.25) is 9.59 Å². The molecule has 0 fully saturated rings. The predicted octanol–water partition coefficient (Wildman–Crippen LogP) is 6.21. The van der Waals surface area contributed by atoms with Gasteiger partial charge >= 0.3 is 11.9 Å². The number of esters is 2. The van der Waals surface area contributed by atoms with Gasteiger partial charge in [-0.2, -0.15) is 0 Å². The second-order valence-electron chi connectivity index (χ2n) is 7.43. The number of carbonyl (C=O) groups excluding carboxylic acids is 2. The van der Waals surface area contributed by atoms with E-state index in [0.29, 0.717) is 19.1 Å². The van der Waals surface area contributed by atoms with E-state index in [4.69, 9.17) is 9.47 Å². The zero-order chi connectivity index (χ0) is 19.5. The Hall–Kier alpha value is -1.06. The van der Waals surface area contributed by atoms with Gasteiger partial charge in [0.05, 0.1) is 26.1 Å². The molecule has 154 valence electrons. The summed E-state index contributed by atoms with van der Waals surface area (Å²) in [5.74, 6) is -0.0298. The van der Waals surface area contributed by atoms with Crippen LogP contribution in [0.4, 0.5) is 0 Å². The molecule has 0 radical (unpaired) electrons. The molecule has 0 aliphatic carbocycles. The topological polar surface area (TPSA) is 52.6 Å². The minimum Gasteiger partial charge on any atom is -0.466 e. The van der Waals surface area contributed by atoms with E-state index in [9.17, 15) is 9.59 Å². The third-order valence-electron chi connectivity index (χ3n) is 4.86. The van der Waals surface area contributed by atoms with Crippen LogP contribution in [-0.4, -0.2) is 25.2 Å². The van der Waals surface area contributed by atoms with Crippen molar-refractivity contribution < 1.29 is 19.1 Å². The first-order chi connectivity index (χ1) is 12.6. The molecule has 0 N–H and O–H groups in total. The standard InChI is InChI=1S/C22H42O4/c1-4-6-7-8-9-10-11-12-13-14-18-25-21(23)15-16-22(24)26-19-17-20(3)5-2/h20H,4-19H2,1-3H3. The van der Waals surface area contributed by atoms with Crippen molar-refractivity contribution in [3.8, 4) is 0 Å². The van der Waals surface area contributed by atoms with E-state index in [2.05, 4.69) is 20.8 Å². The van der Waals surface area contributed by atoms with Gasteiger partial charge in [0.2, 0.25) is 0 Å². The van der Waals surface area contributed by atoms with Crippen LogP contribution in [0.25, 0.3) is 0 Å². The molecular formula is C22H42O4. The maximum atomic E-state index is 11.6. The molecule has 0 amide bonds. The number of hydrogen-bond donors (Lipinski definition) is 0. The Bertz CT molecular complexity index is 341. The minimum absolute atomic E-state index is 0.122. The van der Waals surface area contributed by atoms with Gasteiger partial charge in [0, 0.05) is 0 Å². The molecule has 0 spiro atoms. The van der Waals surface area contributed by atoms with Crippen molar-refractivity contribution in [1.29, 1.82) is 0 Å². The highest BCUT2D eigenvalue weighted by atomic mass is 16.5. The summed E-state index contributed by atoms with van der Waals surface area (Å²) in [5.41, 5.74) is 0. The van der Waals surface area contributed by atoms with Gasteiger partial charge in [-0.25, -0.2) is 0 Å². The van der Waals surface area contributed by atoms with Gasteiger partial charge in [0.25, 0.3) is 0 Å². The minimum atomic E-state index is -0.302. The van der Waals surface area contributed by atoms with E-state index in [-0.39, 0.29) is 24.8 Å². The number of ether oxygens (including phenoxy) is 2. The first kappa shape index (κ1) is 24.9. The molecule has 0 aliphatic rings. The highest BCUT2D eigenvalue weighted by molar-refractivity contribution is 5.77. The number of unbranched alkanes of at least 4 members (excludes halogenated alkanes) is 9. The summed E-state index contributed by atoms with van der Waals surface area (Å²) in [6, 6.07) is 0. The zero-order valence-corrected chi connectivity index (χ0v) is 17.5. The van der Waals surface area contributed by atoms with Crippen molar-refractivity contribution in [1.82, 2.24) is 0 Å². The molecule has 26 heavy (non-hydrogen) atoms. The second kappa shape index (κ2) is 18.7. The molecule has 4 heteroatoms. The van der Waals surface area contributed by atoms with Crippen LogP contribution >= 0.6 is 0 Å². The predicted molar refractivity (Wildman–Crippen MR) is 107 cm³/mol. The van der Waals surface area contributed by atoms with Gasteiger partial charge in [0.15, 0.2) is 0 Å². The summed E-state index contributed by atoms with van der Waals surface area (Å²) in [6.45, 7) is 7.42. The maximum Gasteiger partial charge on any atom is 0.306 e. The zero-order valence-electron chi connectivity index (χ0n) is 17.5. The monoisotopic (exact) mass is 370 g/mol. The molecule has 0 saturated carbocycles. The summed E-state index contributed by atoms with van der Waals surface area (Å²) in [5, 5.41) is 0. The maximum absolute atomic E-state index is 11.6. The van der Waals surface area contributed by atoms with Crippen LogP contribution in [0.2, 0.25) is 0 Å². The fraction of sp³-hybridized carbons (Fsp3) is 0.909. The first-order valence-electron chi connectivity index (χ1n) is 10.9. The SMILES string of the molecule is CCCCCCCCCCCCOC(=O)CCC(=O)OCCC(C)CC. The van der Waals surface area contributed by atoms with Crippen LogP contribution < -0.4 is 0 Å². The van der Waals surface area contributed by atoms with Crippen LogP contribution in [0.3, 0.4) is 0 Å². The Balaban J connectivity index is 3.35. The molecule has 0 aromatic heterocycles. The average molecular weight is 371 g/mol. The Morgan fingerprint density at radius 1 is 0.692 bits per heavy atom. The molecule has 0 saturated heterocycles. The Kier molecular flexibility index (Phi) is 18.0. The fourth-order valence-corrected chi connectivity index (χ4v) is 2.70.